The minimum atomic E-state index is -4.21. The number of unbranched alkanes of at least 4 members (excludes halogenated alkanes) is 1. The van der Waals surface area contributed by atoms with Gasteiger partial charge in [-0.15, -0.1) is 0 Å². The van der Waals surface area contributed by atoms with Gasteiger partial charge in [0.15, 0.2) is 0 Å². The average molecular weight is 662 g/mol. The Kier molecular flexibility index (Phi) is 13.2. The maximum Gasteiger partial charge on any atom is 0.245 e. The molecule has 0 aromatic heterocycles. The first kappa shape index (κ1) is 35.0. The highest BCUT2D eigenvalue weighted by molar-refractivity contribution is 7.89. The van der Waals surface area contributed by atoms with E-state index in [4.69, 9.17) is 40.1 Å². The van der Waals surface area contributed by atoms with Gasteiger partial charge in [0.25, 0.3) is 0 Å². The lowest BCUT2D eigenvalue weighted by molar-refractivity contribution is -0.133. The Hall–Kier alpha value is -3.48. The molecule has 0 atom stereocenters. The van der Waals surface area contributed by atoms with E-state index in [1.165, 1.54) is 12.1 Å². The van der Waals surface area contributed by atoms with E-state index in [0.29, 0.717) is 42.1 Å². The fourth-order valence-electron chi connectivity index (χ4n) is 4.41. The number of nitrogens with two attached hydrogens (primary N) is 2. The summed E-state index contributed by atoms with van der Waals surface area (Å²) in [6, 6.07) is 19.1. The fraction of sp³-hybridized carbons (Fsp3) is 0.323. The largest absolute Gasteiger partial charge is 0.384 e. The molecule has 3 rings (SSSR count). The number of nitrogens with zero attached hydrogens (tertiary/aromatic N) is 2. The summed E-state index contributed by atoms with van der Waals surface area (Å²) in [4.78, 5) is 27.8. The highest BCUT2D eigenvalue weighted by Crippen LogP contribution is 2.32. The van der Waals surface area contributed by atoms with E-state index in [1.54, 1.807) is 36.1 Å². The van der Waals surface area contributed by atoms with Crippen molar-refractivity contribution in [3.05, 3.63) is 99.0 Å². The minimum Gasteiger partial charge on any atom is -0.384 e. The number of carbonyl (C=O) groups excluding carboxylic acids is 2. The molecule has 0 saturated carbocycles. The molecule has 236 valence electrons. The summed E-state index contributed by atoms with van der Waals surface area (Å²) in [7, 11) is -4.21. The summed E-state index contributed by atoms with van der Waals surface area (Å²) in [5, 5.41) is 10.5. The normalized spacial score (nSPS) is 11.4. The summed E-state index contributed by atoms with van der Waals surface area (Å²) in [6.45, 7) is 1.98. The van der Waals surface area contributed by atoms with Crippen molar-refractivity contribution < 1.29 is 18.0 Å². The van der Waals surface area contributed by atoms with Crippen LogP contribution in [0.2, 0.25) is 10.0 Å². The molecule has 0 saturated heterocycles. The fourth-order valence-corrected chi connectivity index (χ4v) is 6.59. The molecule has 3 aromatic carbocycles. The van der Waals surface area contributed by atoms with Crippen molar-refractivity contribution in [1.29, 1.82) is 5.41 Å². The maximum absolute atomic E-state index is 13.7. The molecule has 6 N–H and O–H groups in total. The van der Waals surface area contributed by atoms with Crippen molar-refractivity contribution in [2.75, 3.05) is 32.7 Å². The van der Waals surface area contributed by atoms with Crippen molar-refractivity contribution in [2.24, 2.45) is 11.5 Å². The SMILES string of the molecule is Cc1c(Cl)ccc(S(=O)(=O)N(CCc2ccccc2)CC(=O)NCC(=O)N(CCCCN)Cc2ccc(C(=N)N)cc2)c1Cl. The Bertz CT molecular complexity index is 1550. The number of sulfonamides is 1. The van der Waals surface area contributed by atoms with Crippen LogP contribution >= 0.6 is 23.2 Å². The predicted octanol–water partition coefficient (Wildman–Crippen LogP) is 3.70. The lowest BCUT2D eigenvalue weighted by atomic mass is 10.1. The van der Waals surface area contributed by atoms with Gasteiger partial charge in [-0.05, 0) is 61.6 Å². The van der Waals surface area contributed by atoms with E-state index < -0.39 is 22.5 Å². The highest BCUT2D eigenvalue weighted by atomic mass is 35.5. The van der Waals surface area contributed by atoms with Gasteiger partial charge in [-0.25, -0.2) is 8.42 Å². The monoisotopic (exact) mass is 660 g/mol. The average Bonchev–Trinajstić information content (AvgIpc) is 3.00. The number of amidine groups is 1. The second-order valence-electron chi connectivity index (χ2n) is 10.3. The summed E-state index contributed by atoms with van der Waals surface area (Å²) in [5.74, 6) is -1.02. The number of nitrogen functional groups attached to an aromatic ring is 1. The number of hydrogen-bond acceptors (Lipinski definition) is 6. The van der Waals surface area contributed by atoms with E-state index >= 15 is 0 Å². The van der Waals surface area contributed by atoms with Gasteiger partial charge in [-0.1, -0.05) is 77.8 Å². The maximum atomic E-state index is 13.7. The van der Waals surface area contributed by atoms with Gasteiger partial charge >= 0.3 is 0 Å². The Morgan fingerprint density at radius 2 is 1.61 bits per heavy atom. The topological polar surface area (TPSA) is 163 Å². The molecule has 13 heteroatoms. The number of halogens is 2. The van der Waals surface area contributed by atoms with Gasteiger partial charge < -0.3 is 21.7 Å². The molecular formula is C31H38Cl2N6O4S. The molecule has 0 aliphatic carbocycles. The summed E-state index contributed by atoms with van der Waals surface area (Å²) < 4.78 is 28.6. The van der Waals surface area contributed by atoms with Gasteiger partial charge in [0, 0.05) is 30.2 Å². The third-order valence-corrected chi connectivity index (χ3v) is 9.92. The van der Waals surface area contributed by atoms with Crippen molar-refractivity contribution in [2.45, 2.75) is 37.6 Å². The number of amides is 2. The van der Waals surface area contributed by atoms with Crippen LogP contribution in [0.15, 0.2) is 71.6 Å². The van der Waals surface area contributed by atoms with Gasteiger partial charge in [0.05, 0.1) is 18.1 Å². The summed E-state index contributed by atoms with van der Waals surface area (Å²) >= 11 is 12.5. The molecule has 0 heterocycles. The van der Waals surface area contributed by atoms with Gasteiger partial charge in [-0.3, -0.25) is 15.0 Å². The van der Waals surface area contributed by atoms with Gasteiger partial charge in [0.1, 0.15) is 10.7 Å². The molecule has 3 aromatic rings. The molecule has 0 aliphatic rings. The van der Waals surface area contributed by atoms with Crippen molar-refractivity contribution in [3.8, 4) is 0 Å². The van der Waals surface area contributed by atoms with E-state index in [-0.39, 0.29) is 41.3 Å². The zero-order valence-corrected chi connectivity index (χ0v) is 26.9. The summed E-state index contributed by atoms with van der Waals surface area (Å²) in [6.07, 6.45) is 1.75. The van der Waals surface area contributed by atoms with E-state index in [1.807, 2.05) is 30.3 Å². The van der Waals surface area contributed by atoms with E-state index in [0.717, 1.165) is 21.9 Å². The summed E-state index contributed by atoms with van der Waals surface area (Å²) in [5.41, 5.74) is 13.9. The van der Waals surface area contributed by atoms with Crippen molar-refractivity contribution >= 4 is 50.9 Å². The van der Waals surface area contributed by atoms with Crippen LogP contribution in [0.1, 0.15) is 35.1 Å². The number of rotatable bonds is 16. The molecule has 2 amide bonds. The van der Waals surface area contributed by atoms with Crippen LogP contribution in [-0.2, 0) is 32.6 Å². The molecular weight excluding hydrogens is 623 g/mol. The molecule has 0 aliphatic heterocycles. The second kappa shape index (κ2) is 16.6. The van der Waals surface area contributed by atoms with Crippen LogP contribution in [0.4, 0.5) is 0 Å². The standard InChI is InChI=1S/C31H38Cl2N6O4S/c1-22-26(32)13-14-27(30(22)33)44(42,43)39(18-15-23-7-3-2-4-8-23)21-28(40)37-19-29(41)38(17-6-5-16-34)20-24-9-11-25(12-10-24)31(35)36/h2-4,7-14H,5-6,15-21,34H2,1H3,(H3,35,36)(H,37,40). The Labute approximate surface area is 268 Å². The minimum absolute atomic E-state index is 0.00713. The molecule has 0 fully saturated rings. The molecule has 0 spiro atoms. The number of nitrogens with one attached hydrogen (secondary N) is 2. The van der Waals surface area contributed by atoms with Crippen LogP contribution in [0, 0.1) is 12.3 Å². The van der Waals surface area contributed by atoms with Crippen LogP contribution in [-0.4, -0.2) is 68.0 Å². The molecule has 44 heavy (non-hydrogen) atoms. The van der Waals surface area contributed by atoms with Crippen LogP contribution < -0.4 is 16.8 Å². The quantitative estimate of drug-likeness (QED) is 0.104. The lowest BCUT2D eigenvalue weighted by Crippen LogP contribution is -2.45. The van der Waals surface area contributed by atoms with E-state index in [2.05, 4.69) is 5.32 Å². The zero-order chi connectivity index (χ0) is 32.3. The first-order valence-corrected chi connectivity index (χ1v) is 16.3. The molecule has 0 unspecified atom stereocenters. The van der Waals surface area contributed by atoms with Gasteiger partial charge in [-0.2, -0.15) is 4.31 Å². The first-order valence-electron chi connectivity index (χ1n) is 14.1. The third-order valence-electron chi connectivity index (χ3n) is 7.03. The second-order valence-corrected chi connectivity index (χ2v) is 12.9. The third kappa shape index (κ3) is 9.76. The Morgan fingerprint density at radius 1 is 0.932 bits per heavy atom. The highest BCUT2D eigenvalue weighted by Gasteiger charge is 2.30. The Morgan fingerprint density at radius 3 is 2.25 bits per heavy atom. The predicted molar refractivity (Wildman–Crippen MR) is 174 cm³/mol. The number of carbonyl (C=O) groups is 2. The lowest BCUT2D eigenvalue weighted by Gasteiger charge is -2.25. The van der Waals surface area contributed by atoms with Crippen LogP contribution in [0.25, 0.3) is 0 Å². The Balaban J connectivity index is 1.74. The van der Waals surface area contributed by atoms with Crippen LogP contribution in [0.5, 0.6) is 0 Å². The molecule has 10 nitrogen and oxygen atoms in total. The molecule has 0 bridgehead atoms. The zero-order valence-electron chi connectivity index (χ0n) is 24.6. The van der Waals surface area contributed by atoms with Gasteiger partial charge in [0.2, 0.25) is 21.8 Å². The number of benzene rings is 3. The van der Waals surface area contributed by atoms with E-state index in [9.17, 15) is 18.0 Å². The number of hydrogen-bond donors (Lipinski definition) is 4. The van der Waals surface area contributed by atoms with Crippen molar-refractivity contribution in [1.82, 2.24) is 14.5 Å². The first-order chi connectivity index (χ1) is 20.9. The van der Waals surface area contributed by atoms with Crippen molar-refractivity contribution in [3.63, 3.8) is 0 Å². The molecule has 0 radical (unpaired) electrons. The van der Waals surface area contributed by atoms with Crippen LogP contribution in [0.3, 0.4) is 0 Å². The smallest absolute Gasteiger partial charge is 0.245 e.